The van der Waals surface area contributed by atoms with E-state index in [9.17, 15) is 0 Å². The molecule has 3 aromatic carbocycles. The fourth-order valence-corrected chi connectivity index (χ4v) is 5.61. The summed E-state index contributed by atoms with van der Waals surface area (Å²) in [7, 11) is 0. The fourth-order valence-electron chi connectivity index (χ4n) is 4.32. The van der Waals surface area contributed by atoms with Crippen LogP contribution >= 0.6 is 11.8 Å². The molecule has 0 spiro atoms. The lowest BCUT2D eigenvalue weighted by atomic mass is 10.1. The van der Waals surface area contributed by atoms with E-state index in [0.717, 1.165) is 36.7 Å². The highest BCUT2D eigenvalue weighted by molar-refractivity contribution is 7.99. The second-order valence-electron chi connectivity index (χ2n) is 8.03. The maximum absolute atomic E-state index is 5.62. The highest BCUT2D eigenvalue weighted by Crippen LogP contribution is 2.47. The summed E-state index contributed by atoms with van der Waals surface area (Å²) in [6.07, 6.45) is 5.15. The molecular formula is C26H23N3O2S. The summed E-state index contributed by atoms with van der Waals surface area (Å²) in [6, 6.07) is 25.3. The number of benzene rings is 3. The lowest BCUT2D eigenvalue weighted by molar-refractivity contribution is 0.174. The minimum Gasteiger partial charge on any atom is -0.454 e. The Morgan fingerprint density at radius 1 is 0.938 bits per heavy atom. The summed E-state index contributed by atoms with van der Waals surface area (Å²) in [5, 5.41) is 4.95. The van der Waals surface area contributed by atoms with Crippen LogP contribution < -0.4 is 14.4 Å². The lowest BCUT2D eigenvalue weighted by Crippen LogP contribution is -2.23. The van der Waals surface area contributed by atoms with Crippen molar-refractivity contribution in [3.63, 3.8) is 0 Å². The van der Waals surface area contributed by atoms with Gasteiger partial charge in [-0.15, -0.1) is 11.8 Å². The van der Waals surface area contributed by atoms with E-state index >= 15 is 0 Å². The molecule has 0 aliphatic carbocycles. The smallest absolute Gasteiger partial charge is 0.231 e. The zero-order valence-corrected chi connectivity index (χ0v) is 18.4. The molecule has 1 unspecified atom stereocenters. The molecule has 0 fully saturated rings. The third-order valence-corrected chi connectivity index (χ3v) is 7.33. The summed E-state index contributed by atoms with van der Waals surface area (Å²) in [4.78, 5) is 3.78. The zero-order valence-electron chi connectivity index (χ0n) is 17.6. The predicted molar refractivity (Wildman–Crippen MR) is 127 cm³/mol. The first-order valence-electron chi connectivity index (χ1n) is 10.8. The minimum absolute atomic E-state index is 0.309. The van der Waals surface area contributed by atoms with Gasteiger partial charge in [0.1, 0.15) is 0 Å². The van der Waals surface area contributed by atoms with Gasteiger partial charge in [0.15, 0.2) is 11.5 Å². The van der Waals surface area contributed by atoms with Crippen LogP contribution in [0.25, 0.3) is 5.69 Å². The van der Waals surface area contributed by atoms with Crippen molar-refractivity contribution in [2.75, 3.05) is 18.2 Å². The molecule has 2 aliphatic heterocycles. The second kappa shape index (κ2) is 8.28. The molecule has 0 bridgehead atoms. The van der Waals surface area contributed by atoms with Crippen LogP contribution in [0.2, 0.25) is 0 Å². The molecule has 32 heavy (non-hydrogen) atoms. The SMILES string of the molecule is c1ccc(-n2cc(CN3CCC(c4ccc5c(c4)OCO5)Sc4ccccc43)cn2)cc1. The quantitative estimate of drug-likeness (QED) is 0.398. The largest absolute Gasteiger partial charge is 0.454 e. The molecule has 6 heteroatoms. The van der Waals surface area contributed by atoms with Crippen LogP contribution in [0, 0.1) is 0 Å². The van der Waals surface area contributed by atoms with E-state index < -0.39 is 0 Å². The van der Waals surface area contributed by atoms with E-state index in [2.05, 4.69) is 64.7 Å². The van der Waals surface area contributed by atoms with E-state index in [1.807, 2.05) is 46.9 Å². The number of hydrogen-bond donors (Lipinski definition) is 0. The van der Waals surface area contributed by atoms with Crippen LogP contribution in [0.1, 0.15) is 22.8 Å². The maximum Gasteiger partial charge on any atom is 0.231 e. The molecule has 0 N–H and O–H groups in total. The molecule has 4 aromatic rings. The van der Waals surface area contributed by atoms with Crippen molar-refractivity contribution in [1.29, 1.82) is 0 Å². The third kappa shape index (κ3) is 3.71. The average molecular weight is 442 g/mol. The number of anilines is 1. The standard InChI is InChI=1S/C26H23N3O2S/c1-2-6-21(7-3-1)29-17-19(15-27-29)16-28-13-12-25(32-26-9-5-4-8-22(26)28)20-10-11-23-24(14-20)31-18-30-23/h1-11,14-15,17,25H,12-13,16,18H2. The predicted octanol–water partition coefficient (Wildman–Crippen LogP) is 5.84. The Balaban J connectivity index is 1.26. The van der Waals surface area contributed by atoms with Gasteiger partial charge in [-0.3, -0.25) is 0 Å². The van der Waals surface area contributed by atoms with Gasteiger partial charge < -0.3 is 14.4 Å². The summed E-state index contributed by atoms with van der Waals surface area (Å²) in [5.74, 6) is 1.69. The first-order chi connectivity index (χ1) is 15.8. The van der Waals surface area contributed by atoms with Crippen molar-refractivity contribution >= 4 is 17.4 Å². The first kappa shape index (κ1) is 19.3. The van der Waals surface area contributed by atoms with Crippen LogP contribution in [-0.2, 0) is 6.54 Å². The lowest BCUT2D eigenvalue weighted by Gasteiger charge is -2.24. The van der Waals surface area contributed by atoms with E-state index in [1.165, 1.54) is 21.7 Å². The highest BCUT2D eigenvalue weighted by atomic mass is 32.2. The van der Waals surface area contributed by atoms with Gasteiger partial charge in [0.25, 0.3) is 0 Å². The van der Waals surface area contributed by atoms with Gasteiger partial charge in [0, 0.05) is 35.0 Å². The van der Waals surface area contributed by atoms with Gasteiger partial charge in [-0.05, 0) is 48.4 Å². The molecular weight excluding hydrogens is 418 g/mol. The molecule has 0 radical (unpaired) electrons. The van der Waals surface area contributed by atoms with E-state index in [0.29, 0.717) is 12.0 Å². The normalized spacial score (nSPS) is 17.1. The molecule has 0 amide bonds. The van der Waals surface area contributed by atoms with Crippen LogP contribution in [0.4, 0.5) is 5.69 Å². The second-order valence-corrected chi connectivity index (χ2v) is 9.27. The van der Waals surface area contributed by atoms with Gasteiger partial charge in [-0.1, -0.05) is 36.4 Å². The summed E-state index contributed by atoms with van der Waals surface area (Å²) in [5.41, 5.74) is 4.85. The van der Waals surface area contributed by atoms with E-state index in [1.54, 1.807) is 0 Å². The van der Waals surface area contributed by atoms with Crippen LogP contribution in [0.5, 0.6) is 11.5 Å². The van der Waals surface area contributed by atoms with Crippen molar-refractivity contribution in [3.05, 3.63) is 96.3 Å². The number of thioether (sulfide) groups is 1. The van der Waals surface area contributed by atoms with Gasteiger partial charge in [-0.2, -0.15) is 5.10 Å². The number of para-hydroxylation sites is 2. The molecule has 160 valence electrons. The molecule has 5 nitrogen and oxygen atoms in total. The molecule has 6 rings (SSSR count). The molecule has 0 saturated heterocycles. The number of nitrogens with zero attached hydrogens (tertiary/aromatic N) is 3. The first-order valence-corrected chi connectivity index (χ1v) is 11.7. The maximum atomic E-state index is 5.62. The van der Waals surface area contributed by atoms with Crippen LogP contribution in [0.15, 0.2) is 90.1 Å². The van der Waals surface area contributed by atoms with Gasteiger partial charge in [0.05, 0.1) is 17.6 Å². The molecule has 0 saturated carbocycles. The topological polar surface area (TPSA) is 39.5 Å². The van der Waals surface area contributed by atoms with Crippen molar-refractivity contribution < 1.29 is 9.47 Å². The Labute approximate surface area is 191 Å². The Bertz CT molecular complexity index is 1240. The molecule has 2 aliphatic rings. The Hall–Kier alpha value is -3.38. The number of rotatable bonds is 4. The highest BCUT2D eigenvalue weighted by Gasteiger charge is 2.25. The van der Waals surface area contributed by atoms with Crippen molar-refractivity contribution in [2.45, 2.75) is 23.1 Å². The van der Waals surface area contributed by atoms with Gasteiger partial charge in [0.2, 0.25) is 6.79 Å². The fraction of sp³-hybridized carbons (Fsp3) is 0.192. The van der Waals surface area contributed by atoms with E-state index in [-0.39, 0.29) is 0 Å². The van der Waals surface area contributed by atoms with Crippen molar-refractivity contribution in [1.82, 2.24) is 9.78 Å². The van der Waals surface area contributed by atoms with Gasteiger partial charge >= 0.3 is 0 Å². The number of fused-ring (bicyclic) bond motifs is 2. The number of ether oxygens (including phenoxy) is 2. The number of hydrogen-bond acceptors (Lipinski definition) is 5. The van der Waals surface area contributed by atoms with E-state index in [4.69, 9.17) is 9.47 Å². The molecule has 1 aromatic heterocycles. The van der Waals surface area contributed by atoms with Gasteiger partial charge in [-0.25, -0.2) is 4.68 Å². The summed E-state index contributed by atoms with van der Waals surface area (Å²) in [6.45, 7) is 2.11. The monoisotopic (exact) mass is 441 g/mol. The number of aromatic nitrogens is 2. The summed E-state index contributed by atoms with van der Waals surface area (Å²) >= 11 is 1.93. The minimum atomic E-state index is 0.309. The van der Waals surface area contributed by atoms with Crippen LogP contribution in [0.3, 0.4) is 0 Å². The zero-order chi connectivity index (χ0) is 21.3. The average Bonchev–Trinajstić information content (AvgIpc) is 3.47. The Kier molecular flexibility index (Phi) is 5.00. The molecule has 3 heterocycles. The Morgan fingerprint density at radius 3 is 2.72 bits per heavy atom. The Morgan fingerprint density at radius 2 is 1.78 bits per heavy atom. The van der Waals surface area contributed by atoms with Crippen molar-refractivity contribution in [3.8, 4) is 17.2 Å². The van der Waals surface area contributed by atoms with Crippen LogP contribution in [-0.4, -0.2) is 23.1 Å². The summed E-state index contributed by atoms with van der Waals surface area (Å²) < 4.78 is 13.1. The van der Waals surface area contributed by atoms with Crippen molar-refractivity contribution in [2.24, 2.45) is 0 Å². The molecule has 1 atom stereocenters. The third-order valence-electron chi connectivity index (χ3n) is 5.94.